The molecule has 0 radical (unpaired) electrons. The number of carbonyl (C=O) groups excluding carboxylic acids is 1. The minimum absolute atomic E-state index is 0.0561. The molecule has 1 rings (SSSR count). The van der Waals surface area contributed by atoms with Gasteiger partial charge in [-0.2, -0.15) is 0 Å². The number of likely N-dealkylation sites (N-methyl/N-ethyl adjacent to an activating group) is 1. The Morgan fingerprint density at radius 1 is 1.44 bits per heavy atom. The molecular formula is C13H18ClFN2O. The molecule has 0 aliphatic heterocycles. The van der Waals surface area contributed by atoms with Gasteiger partial charge in [-0.15, -0.1) is 0 Å². The molecule has 1 atom stereocenters. The maximum Gasteiger partial charge on any atom is 0.244 e. The maximum atomic E-state index is 13.5. The van der Waals surface area contributed by atoms with Crippen LogP contribution in [0.15, 0.2) is 18.2 Å². The third kappa shape index (κ3) is 3.60. The Hall–Kier alpha value is -1.29. The van der Waals surface area contributed by atoms with Crippen LogP contribution >= 0.6 is 11.6 Å². The monoisotopic (exact) mass is 272 g/mol. The molecule has 18 heavy (non-hydrogen) atoms. The first-order valence-corrected chi connectivity index (χ1v) is 6.37. The normalized spacial score (nSPS) is 12.1. The van der Waals surface area contributed by atoms with Crippen LogP contribution in [0.1, 0.15) is 20.8 Å². The Labute approximate surface area is 112 Å². The summed E-state index contributed by atoms with van der Waals surface area (Å²) in [6.45, 7) is 6.81. The van der Waals surface area contributed by atoms with E-state index in [0.717, 1.165) is 0 Å². The molecule has 0 aromatic heterocycles. The SMILES string of the molecule is CCN(CC)C(=O)C(C)Nc1cc(Cl)ccc1F. The van der Waals surface area contributed by atoms with E-state index in [-0.39, 0.29) is 11.6 Å². The third-order valence-electron chi connectivity index (χ3n) is 2.75. The summed E-state index contributed by atoms with van der Waals surface area (Å²) in [6, 6.07) is 3.74. The van der Waals surface area contributed by atoms with Crippen LogP contribution in [0.5, 0.6) is 0 Å². The fraction of sp³-hybridized carbons (Fsp3) is 0.462. The molecule has 5 heteroatoms. The number of nitrogens with one attached hydrogen (secondary N) is 1. The first kappa shape index (κ1) is 14.8. The zero-order valence-electron chi connectivity index (χ0n) is 10.8. The van der Waals surface area contributed by atoms with E-state index in [4.69, 9.17) is 11.6 Å². The van der Waals surface area contributed by atoms with Gasteiger partial charge in [-0.25, -0.2) is 4.39 Å². The molecule has 0 spiro atoms. The number of anilines is 1. The van der Waals surface area contributed by atoms with Crippen LogP contribution in [0.4, 0.5) is 10.1 Å². The second kappa shape index (κ2) is 6.59. The second-order valence-electron chi connectivity index (χ2n) is 4.00. The molecule has 0 saturated heterocycles. The van der Waals surface area contributed by atoms with Crippen molar-refractivity contribution in [1.82, 2.24) is 4.90 Å². The fourth-order valence-corrected chi connectivity index (χ4v) is 1.88. The number of hydrogen-bond donors (Lipinski definition) is 1. The van der Waals surface area contributed by atoms with Gasteiger partial charge in [-0.1, -0.05) is 11.6 Å². The van der Waals surface area contributed by atoms with Crippen molar-refractivity contribution >= 4 is 23.2 Å². The minimum atomic E-state index is -0.488. The molecule has 0 aliphatic rings. The lowest BCUT2D eigenvalue weighted by Crippen LogP contribution is -2.41. The molecule has 1 aromatic rings. The van der Waals surface area contributed by atoms with Crippen LogP contribution < -0.4 is 5.32 Å². The van der Waals surface area contributed by atoms with Crippen molar-refractivity contribution in [1.29, 1.82) is 0 Å². The number of amides is 1. The van der Waals surface area contributed by atoms with Gasteiger partial charge in [0.1, 0.15) is 11.9 Å². The molecule has 1 aromatic carbocycles. The summed E-state index contributed by atoms with van der Waals surface area (Å²) in [5.74, 6) is -0.474. The van der Waals surface area contributed by atoms with Gasteiger partial charge in [0.2, 0.25) is 5.91 Å². The molecule has 1 amide bonds. The molecule has 100 valence electrons. The molecule has 1 unspecified atom stereocenters. The Morgan fingerprint density at radius 3 is 2.61 bits per heavy atom. The third-order valence-corrected chi connectivity index (χ3v) is 2.98. The number of hydrogen-bond acceptors (Lipinski definition) is 2. The zero-order valence-corrected chi connectivity index (χ0v) is 11.6. The van der Waals surface area contributed by atoms with Crippen LogP contribution in [0, 0.1) is 5.82 Å². The number of halogens is 2. The standard InChI is InChI=1S/C13H18ClFN2O/c1-4-17(5-2)13(18)9(3)16-12-8-10(14)6-7-11(12)15/h6-9,16H,4-5H2,1-3H3. The number of nitrogens with zero attached hydrogens (tertiary/aromatic N) is 1. The van der Waals surface area contributed by atoms with Crippen molar-refractivity contribution in [2.45, 2.75) is 26.8 Å². The Kier molecular flexibility index (Phi) is 5.41. The number of rotatable bonds is 5. The molecule has 0 aliphatic carbocycles. The van der Waals surface area contributed by atoms with E-state index in [1.54, 1.807) is 11.8 Å². The van der Waals surface area contributed by atoms with Gasteiger partial charge in [-0.3, -0.25) is 4.79 Å². The molecular weight excluding hydrogens is 255 g/mol. The average molecular weight is 273 g/mol. The molecule has 0 saturated carbocycles. The quantitative estimate of drug-likeness (QED) is 0.893. The second-order valence-corrected chi connectivity index (χ2v) is 4.44. The topological polar surface area (TPSA) is 32.3 Å². The molecule has 1 N–H and O–H groups in total. The van der Waals surface area contributed by atoms with Crippen LogP contribution in [0.25, 0.3) is 0 Å². The first-order chi connectivity index (χ1) is 8.49. The van der Waals surface area contributed by atoms with Gasteiger partial charge in [0, 0.05) is 18.1 Å². The lowest BCUT2D eigenvalue weighted by atomic mass is 10.2. The predicted molar refractivity (Wildman–Crippen MR) is 72.4 cm³/mol. The summed E-state index contributed by atoms with van der Waals surface area (Å²) in [4.78, 5) is 13.7. The largest absolute Gasteiger partial charge is 0.371 e. The van der Waals surface area contributed by atoms with Gasteiger partial charge in [-0.05, 0) is 39.0 Å². The van der Waals surface area contributed by atoms with E-state index < -0.39 is 11.9 Å². The highest BCUT2D eigenvalue weighted by molar-refractivity contribution is 6.30. The summed E-state index contributed by atoms with van der Waals surface area (Å²) in [5.41, 5.74) is 0.246. The van der Waals surface area contributed by atoms with Gasteiger partial charge in [0.15, 0.2) is 0 Å². The van der Waals surface area contributed by atoms with E-state index >= 15 is 0 Å². The van der Waals surface area contributed by atoms with Crippen molar-refractivity contribution in [3.8, 4) is 0 Å². The van der Waals surface area contributed by atoms with Crippen molar-refractivity contribution in [2.24, 2.45) is 0 Å². The van der Waals surface area contributed by atoms with E-state index in [1.807, 2.05) is 13.8 Å². The van der Waals surface area contributed by atoms with Gasteiger partial charge in [0.25, 0.3) is 0 Å². The van der Waals surface area contributed by atoms with Gasteiger partial charge in [0.05, 0.1) is 5.69 Å². The number of benzene rings is 1. The van der Waals surface area contributed by atoms with E-state index in [2.05, 4.69) is 5.32 Å². The highest BCUT2D eigenvalue weighted by Crippen LogP contribution is 2.20. The maximum absolute atomic E-state index is 13.5. The van der Waals surface area contributed by atoms with Crippen molar-refractivity contribution in [2.75, 3.05) is 18.4 Å². The van der Waals surface area contributed by atoms with E-state index in [9.17, 15) is 9.18 Å². The van der Waals surface area contributed by atoms with Gasteiger partial charge < -0.3 is 10.2 Å². The summed E-state index contributed by atoms with van der Waals surface area (Å²) in [6.07, 6.45) is 0. The lowest BCUT2D eigenvalue weighted by molar-refractivity contribution is -0.131. The van der Waals surface area contributed by atoms with Crippen LogP contribution in [-0.2, 0) is 4.79 Å². The summed E-state index contributed by atoms with van der Waals surface area (Å²) in [5, 5.41) is 3.28. The minimum Gasteiger partial charge on any atom is -0.371 e. The van der Waals surface area contributed by atoms with Crippen molar-refractivity contribution < 1.29 is 9.18 Å². The van der Waals surface area contributed by atoms with E-state index in [1.165, 1.54) is 18.2 Å². The zero-order chi connectivity index (χ0) is 13.7. The van der Waals surface area contributed by atoms with Crippen molar-refractivity contribution in [3.05, 3.63) is 29.0 Å². The fourth-order valence-electron chi connectivity index (χ4n) is 1.71. The highest BCUT2D eigenvalue weighted by atomic mass is 35.5. The Morgan fingerprint density at radius 2 is 2.06 bits per heavy atom. The molecule has 0 fully saturated rings. The molecule has 0 heterocycles. The summed E-state index contributed by atoms with van der Waals surface area (Å²) >= 11 is 5.79. The van der Waals surface area contributed by atoms with Crippen LogP contribution in [-0.4, -0.2) is 29.9 Å². The average Bonchev–Trinajstić information content (AvgIpc) is 2.35. The van der Waals surface area contributed by atoms with E-state index in [0.29, 0.717) is 18.1 Å². The predicted octanol–water partition coefficient (Wildman–Crippen LogP) is 3.15. The lowest BCUT2D eigenvalue weighted by Gasteiger charge is -2.24. The van der Waals surface area contributed by atoms with Crippen LogP contribution in [0.2, 0.25) is 5.02 Å². The summed E-state index contributed by atoms with van der Waals surface area (Å²) < 4.78 is 13.5. The first-order valence-electron chi connectivity index (χ1n) is 6.00. The molecule has 3 nitrogen and oxygen atoms in total. The number of carbonyl (C=O) groups is 1. The van der Waals surface area contributed by atoms with Crippen molar-refractivity contribution in [3.63, 3.8) is 0 Å². The molecule has 0 bridgehead atoms. The smallest absolute Gasteiger partial charge is 0.244 e. The Balaban J connectivity index is 2.77. The highest BCUT2D eigenvalue weighted by Gasteiger charge is 2.18. The Bertz CT molecular complexity index is 421. The van der Waals surface area contributed by atoms with Crippen LogP contribution in [0.3, 0.4) is 0 Å². The van der Waals surface area contributed by atoms with Gasteiger partial charge >= 0.3 is 0 Å². The summed E-state index contributed by atoms with van der Waals surface area (Å²) in [7, 11) is 0.